The van der Waals surface area contributed by atoms with Crippen LogP contribution < -0.4 is 11.1 Å². The molecule has 1 amide bonds. The second-order valence-corrected chi connectivity index (χ2v) is 4.63. The highest BCUT2D eigenvalue weighted by Gasteiger charge is 2.13. The molecule has 0 saturated carbocycles. The van der Waals surface area contributed by atoms with Gasteiger partial charge in [-0.1, -0.05) is 24.3 Å². The number of carbonyl (C=O) groups excluding carboxylic acids is 1. The maximum Gasteiger partial charge on any atom is 0.242 e. The number of hydrogen-bond acceptors (Lipinski definition) is 3. The summed E-state index contributed by atoms with van der Waals surface area (Å²) < 4.78 is 1.64. The van der Waals surface area contributed by atoms with Gasteiger partial charge >= 0.3 is 0 Å². The molecule has 0 unspecified atom stereocenters. The normalized spacial score (nSPS) is 12.2. The van der Waals surface area contributed by atoms with E-state index in [9.17, 15) is 4.79 Å². The van der Waals surface area contributed by atoms with E-state index in [1.807, 2.05) is 37.3 Å². The van der Waals surface area contributed by atoms with Crippen molar-refractivity contribution in [2.45, 2.75) is 19.9 Å². The molecule has 0 bridgehead atoms. The van der Waals surface area contributed by atoms with Crippen LogP contribution in [0.1, 0.15) is 12.5 Å². The molecule has 100 valence electrons. The minimum absolute atomic E-state index is 0.223. The van der Waals surface area contributed by atoms with Gasteiger partial charge in [-0.05, 0) is 19.4 Å². The van der Waals surface area contributed by atoms with E-state index in [1.165, 1.54) is 0 Å². The summed E-state index contributed by atoms with van der Waals surface area (Å²) in [6.07, 6.45) is 0. The predicted molar refractivity (Wildman–Crippen MR) is 75.7 cm³/mol. The maximum atomic E-state index is 11.6. The molecule has 19 heavy (non-hydrogen) atoms. The quantitative estimate of drug-likeness (QED) is 0.879. The standard InChI is InChI=1S/C14H18N4O/c1-9-6-4-5-7-11(9)12-8-13(18(3)17-12)16-14(19)10(2)15/h4-8,10H,15H2,1-3H3,(H,16,19)/t10-/m0/s1. The molecule has 0 aliphatic carbocycles. The fourth-order valence-electron chi connectivity index (χ4n) is 1.82. The molecule has 2 aromatic rings. The van der Waals surface area contributed by atoms with E-state index in [0.717, 1.165) is 16.8 Å². The zero-order valence-electron chi connectivity index (χ0n) is 11.3. The first kappa shape index (κ1) is 13.3. The summed E-state index contributed by atoms with van der Waals surface area (Å²) in [4.78, 5) is 11.6. The summed E-state index contributed by atoms with van der Waals surface area (Å²) in [6.45, 7) is 3.68. The molecule has 0 aliphatic heterocycles. The van der Waals surface area contributed by atoms with Crippen LogP contribution in [0.5, 0.6) is 0 Å². The Morgan fingerprint density at radius 2 is 2.11 bits per heavy atom. The second kappa shape index (κ2) is 5.24. The number of aryl methyl sites for hydroxylation is 2. The third kappa shape index (κ3) is 2.82. The van der Waals surface area contributed by atoms with Crippen molar-refractivity contribution in [1.82, 2.24) is 9.78 Å². The molecule has 0 spiro atoms. The van der Waals surface area contributed by atoms with Crippen LogP contribution in [0.4, 0.5) is 5.82 Å². The molecule has 3 N–H and O–H groups in total. The summed E-state index contributed by atoms with van der Waals surface area (Å²) >= 11 is 0. The molecule has 1 atom stereocenters. The number of benzene rings is 1. The molecule has 2 rings (SSSR count). The van der Waals surface area contributed by atoms with Crippen LogP contribution in [0.15, 0.2) is 30.3 Å². The van der Waals surface area contributed by atoms with Crippen LogP contribution in [0.2, 0.25) is 0 Å². The van der Waals surface area contributed by atoms with Crippen molar-refractivity contribution in [3.63, 3.8) is 0 Å². The van der Waals surface area contributed by atoms with Crippen molar-refractivity contribution in [2.24, 2.45) is 12.8 Å². The van der Waals surface area contributed by atoms with Crippen LogP contribution in [0.3, 0.4) is 0 Å². The fraction of sp³-hybridized carbons (Fsp3) is 0.286. The van der Waals surface area contributed by atoms with E-state index in [0.29, 0.717) is 5.82 Å². The van der Waals surface area contributed by atoms with Crippen molar-refractivity contribution in [2.75, 3.05) is 5.32 Å². The Morgan fingerprint density at radius 1 is 1.42 bits per heavy atom. The highest BCUT2D eigenvalue weighted by atomic mass is 16.2. The Morgan fingerprint density at radius 3 is 2.74 bits per heavy atom. The lowest BCUT2D eigenvalue weighted by atomic mass is 10.1. The lowest BCUT2D eigenvalue weighted by molar-refractivity contribution is -0.117. The fourth-order valence-corrected chi connectivity index (χ4v) is 1.82. The first-order chi connectivity index (χ1) is 8.99. The zero-order valence-corrected chi connectivity index (χ0v) is 11.3. The lowest BCUT2D eigenvalue weighted by Gasteiger charge is -2.06. The summed E-state index contributed by atoms with van der Waals surface area (Å²) in [5.41, 5.74) is 8.57. The Balaban J connectivity index is 2.32. The van der Waals surface area contributed by atoms with E-state index in [1.54, 1.807) is 18.7 Å². The first-order valence-electron chi connectivity index (χ1n) is 6.15. The molecule has 5 heteroatoms. The van der Waals surface area contributed by atoms with Crippen molar-refractivity contribution >= 4 is 11.7 Å². The van der Waals surface area contributed by atoms with E-state index >= 15 is 0 Å². The van der Waals surface area contributed by atoms with Gasteiger partial charge in [-0.3, -0.25) is 9.48 Å². The van der Waals surface area contributed by atoms with E-state index in [4.69, 9.17) is 5.73 Å². The average Bonchev–Trinajstić information content (AvgIpc) is 2.71. The number of nitrogens with zero attached hydrogens (tertiary/aromatic N) is 2. The highest BCUT2D eigenvalue weighted by molar-refractivity contribution is 5.94. The third-order valence-corrected chi connectivity index (χ3v) is 2.97. The Bertz CT molecular complexity index is 601. The van der Waals surface area contributed by atoms with Gasteiger partial charge in [-0.2, -0.15) is 5.10 Å². The van der Waals surface area contributed by atoms with Crippen LogP contribution in [-0.4, -0.2) is 21.7 Å². The van der Waals surface area contributed by atoms with Gasteiger partial charge in [-0.25, -0.2) is 0 Å². The molecule has 5 nitrogen and oxygen atoms in total. The van der Waals surface area contributed by atoms with Gasteiger partial charge in [0, 0.05) is 18.7 Å². The van der Waals surface area contributed by atoms with Crippen molar-refractivity contribution in [3.8, 4) is 11.3 Å². The molecular weight excluding hydrogens is 240 g/mol. The van der Waals surface area contributed by atoms with Gasteiger partial charge in [0.2, 0.25) is 5.91 Å². The Labute approximate surface area is 112 Å². The van der Waals surface area contributed by atoms with Gasteiger partial charge in [0.1, 0.15) is 5.82 Å². The van der Waals surface area contributed by atoms with Crippen molar-refractivity contribution < 1.29 is 4.79 Å². The van der Waals surface area contributed by atoms with Crippen LogP contribution in [-0.2, 0) is 11.8 Å². The predicted octanol–water partition coefficient (Wildman–Crippen LogP) is 1.68. The van der Waals surface area contributed by atoms with Gasteiger partial charge in [0.25, 0.3) is 0 Å². The zero-order chi connectivity index (χ0) is 14.0. The van der Waals surface area contributed by atoms with Crippen LogP contribution in [0, 0.1) is 6.92 Å². The molecule has 0 saturated heterocycles. The second-order valence-electron chi connectivity index (χ2n) is 4.63. The molecule has 1 aromatic heterocycles. The Kier molecular flexibility index (Phi) is 3.66. The molecule has 1 heterocycles. The molecular formula is C14H18N4O. The average molecular weight is 258 g/mol. The van der Waals surface area contributed by atoms with E-state index in [-0.39, 0.29) is 5.91 Å². The highest BCUT2D eigenvalue weighted by Crippen LogP contribution is 2.24. The maximum absolute atomic E-state index is 11.6. The number of aromatic nitrogens is 2. The minimum atomic E-state index is -0.545. The summed E-state index contributed by atoms with van der Waals surface area (Å²) in [5.74, 6) is 0.417. The monoisotopic (exact) mass is 258 g/mol. The molecule has 0 fully saturated rings. The van der Waals surface area contributed by atoms with Crippen LogP contribution in [0.25, 0.3) is 11.3 Å². The number of anilines is 1. The molecule has 0 aliphatic rings. The number of rotatable bonds is 3. The van der Waals surface area contributed by atoms with E-state index < -0.39 is 6.04 Å². The number of carbonyl (C=O) groups is 1. The number of hydrogen-bond donors (Lipinski definition) is 2. The smallest absolute Gasteiger partial charge is 0.242 e. The summed E-state index contributed by atoms with van der Waals surface area (Å²) in [6, 6.07) is 9.30. The largest absolute Gasteiger partial charge is 0.320 e. The SMILES string of the molecule is Cc1ccccc1-c1cc(NC(=O)[C@H](C)N)n(C)n1. The minimum Gasteiger partial charge on any atom is -0.320 e. The summed E-state index contributed by atoms with van der Waals surface area (Å²) in [7, 11) is 1.79. The number of nitrogens with two attached hydrogens (primary N) is 1. The van der Waals surface area contributed by atoms with Crippen molar-refractivity contribution in [3.05, 3.63) is 35.9 Å². The Hall–Kier alpha value is -2.14. The van der Waals surface area contributed by atoms with E-state index in [2.05, 4.69) is 10.4 Å². The van der Waals surface area contributed by atoms with Crippen LogP contribution >= 0.6 is 0 Å². The summed E-state index contributed by atoms with van der Waals surface area (Å²) in [5, 5.41) is 7.17. The number of nitrogens with one attached hydrogen (secondary N) is 1. The topological polar surface area (TPSA) is 72.9 Å². The molecule has 1 aromatic carbocycles. The lowest BCUT2D eigenvalue weighted by Crippen LogP contribution is -2.33. The van der Waals surface area contributed by atoms with Gasteiger partial charge < -0.3 is 11.1 Å². The van der Waals surface area contributed by atoms with Crippen molar-refractivity contribution in [1.29, 1.82) is 0 Å². The van der Waals surface area contributed by atoms with Gasteiger partial charge in [0.15, 0.2) is 0 Å². The number of amides is 1. The third-order valence-electron chi connectivity index (χ3n) is 2.97. The van der Waals surface area contributed by atoms with Gasteiger partial charge in [0.05, 0.1) is 11.7 Å². The molecule has 0 radical (unpaired) electrons. The first-order valence-corrected chi connectivity index (χ1v) is 6.15. The van der Waals surface area contributed by atoms with Gasteiger partial charge in [-0.15, -0.1) is 0 Å².